The van der Waals surface area contributed by atoms with E-state index in [0.717, 1.165) is 15.0 Å². The predicted octanol–water partition coefficient (Wildman–Crippen LogP) is 5.50. The van der Waals surface area contributed by atoms with Gasteiger partial charge in [0.2, 0.25) is 0 Å². The summed E-state index contributed by atoms with van der Waals surface area (Å²) >= 11 is 9.46. The van der Waals surface area contributed by atoms with Crippen LogP contribution in [-0.2, 0) is 9.59 Å². The number of alkyl halides is 1. The lowest BCUT2D eigenvalue weighted by atomic mass is 9.91. The Morgan fingerprint density at radius 1 is 1.13 bits per heavy atom. The Morgan fingerprint density at radius 2 is 1.84 bits per heavy atom. The van der Waals surface area contributed by atoms with Crippen LogP contribution in [0.4, 0.5) is 4.39 Å². The summed E-state index contributed by atoms with van der Waals surface area (Å²) in [7, 11) is 0. The van der Waals surface area contributed by atoms with Gasteiger partial charge in [0, 0.05) is 33.1 Å². The number of nitrogens with zero attached hydrogens (tertiary/aromatic N) is 3. The molecule has 0 bridgehead atoms. The highest BCUT2D eigenvalue weighted by Gasteiger charge is 2.39. The Kier molecular flexibility index (Phi) is 7.09. The van der Waals surface area contributed by atoms with Gasteiger partial charge >= 0.3 is 5.97 Å². The topological polar surface area (TPSA) is 116 Å². The molecule has 2 N–H and O–H groups in total. The van der Waals surface area contributed by atoms with E-state index in [9.17, 15) is 18.8 Å². The average molecular weight is 598 g/mol. The summed E-state index contributed by atoms with van der Waals surface area (Å²) in [6.45, 7) is 0. The molecule has 11 heteroatoms. The molecule has 0 saturated carbocycles. The van der Waals surface area contributed by atoms with E-state index < -0.39 is 36.1 Å². The van der Waals surface area contributed by atoms with E-state index in [-0.39, 0.29) is 17.7 Å². The molecular weight excluding hydrogens is 579 g/mol. The van der Waals surface area contributed by atoms with Gasteiger partial charge < -0.3 is 10.1 Å². The average Bonchev–Trinajstić information content (AvgIpc) is 3.33. The van der Waals surface area contributed by atoms with E-state index in [0.29, 0.717) is 27.2 Å². The summed E-state index contributed by atoms with van der Waals surface area (Å²) in [6.07, 6.45) is -1.65. The molecule has 0 radical (unpaired) electrons. The number of hydrogen-bond donors (Lipinski definition) is 2. The molecule has 5 rings (SSSR count). The second-order valence-electron chi connectivity index (χ2n) is 8.68. The summed E-state index contributed by atoms with van der Waals surface area (Å²) in [5.41, 5.74) is 2.27. The first-order chi connectivity index (χ1) is 18.2. The number of amides is 1. The Hall–Kier alpha value is -3.89. The van der Waals surface area contributed by atoms with Gasteiger partial charge in [-0.3, -0.25) is 14.4 Å². The number of carboxylic acid groups (broad SMARTS) is 1. The van der Waals surface area contributed by atoms with Crippen LogP contribution < -0.4 is 5.56 Å². The molecule has 2 unspecified atom stereocenters. The lowest BCUT2D eigenvalue weighted by Crippen LogP contribution is -2.35. The molecule has 0 fully saturated rings. The summed E-state index contributed by atoms with van der Waals surface area (Å²) in [6, 6.07) is 16.8. The number of aliphatic carboxylic acids is 1. The third-order valence-corrected chi connectivity index (χ3v) is 7.00. The number of hydrogen-bond acceptors (Lipinski definition) is 5. The van der Waals surface area contributed by atoms with Crippen molar-refractivity contribution < 1.29 is 19.1 Å². The molecule has 1 amide bonds. The van der Waals surface area contributed by atoms with E-state index in [1.165, 1.54) is 0 Å². The number of aromatic amines is 1. The van der Waals surface area contributed by atoms with Crippen LogP contribution in [0.5, 0.6) is 0 Å². The molecule has 1 aliphatic heterocycles. The van der Waals surface area contributed by atoms with Crippen molar-refractivity contribution in [1.82, 2.24) is 15.0 Å². The fourth-order valence-corrected chi connectivity index (χ4v) is 4.90. The molecule has 1 aliphatic rings. The molecule has 38 heavy (non-hydrogen) atoms. The van der Waals surface area contributed by atoms with Crippen LogP contribution in [0.2, 0.25) is 5.02 Å². The number of pyridine rings is 2. The Morgan fingerprint density at radius 3 is 2.53 bits per heavy atom. The molecule has 2 aromatic carbocycles. The minimum atomic E-state index is -2.31. The maximum absolute atomic E-state index is 14.7. The zero-order valence-corrected chi connectivity index (χ0v) is 21.9. The maximum atomic E-state index is 14.7. The van der Waals surface area contributed by atoms with Gasteiger partial charge in [-0.05, 0) is 47.5 Å². The molecule has 2 aromatic heterocycles. The molecule has 3 heterocycles. The smallest absolute Gasteiger partial charge is 0.306 e. The van der Waals surface area contributed by atoms with Crippen molar-refractivity contribution in [2.24, 2.45) is 5.10 Å². The minimum Gasteiger partial charge on any atom is -0.481 e. The van der Waals surface area contributed by atoms with Crippen molar-refractivity contribution in [3.05, 3.63) is 97.8 Å². The largest absolute Gasteiger partial charge is 0.481 e. The van der Waals surface area contributed by atoms with Gasteiger partial charge in [-0.15, -0.1) is 0 Å². The number of aromatic nitrogens is 2. The van der Waals surface area contributed by atoms with Crippen molar-refractivity contribution in [3.63, 3.8) is 0 Å². The van der Waals surface area contributed by atoms with Gasteiger partial charge in [-0.2, -0.15) is 5.10 Å². The van der Waals surface area contributed by atoms with Gasteiger partial charge in [0.05, 0.1) is 23.7 Å². The number of carboxylic acids is 1. The quantitative estimate of drug-likeness (QED) is 0.305. The van der Waals surface area contributed by atoms with Crippen LogP contribution in [0.15, 0.2) is 81.2 Å². The number of benzene rings is 2. The van der Waals surface area contributed by atoms with Crippen LogP contribution in [0.3, 0.4) is 0 Å². The van der Waals surface area contributed by atoms with E-state index in [4.69, 9.17) is 16.7 Å². The molecule has 0 saturated heterocycles. The molecule has 0 spiro atoms. The van der Waals surface area contributed by atoms with E-state index in [1.54, 1.807) is 36.5 Å². The van der Waals surface area contributed by atoms with Gasteiger partial charge in [0.1, 0.15) is 5.65 Å². The monoisotopic (exact) mass is 596 g/mol. The zero-order chi connectivity index (χ0) is 27.0. The predicted molar refractivity (Wildman–Crippen MR) is 145 cm³/mol. The molecule has 2 atom stereocenters. The number of fused-ring (bicyclic) bond motifs is 1. The molecule has 0 aliphatic carbocycles. The molecule has 4 aromatic rings. The highest BCUT2D eigenvalue weighted by molar-refractivity contribution is 9.10. The number of halogens is 3. The van der Waals surface area contributed by atoms with Crippen LogP contribution in [0.25, 0.3) is 22.2 Å². The lowest BCUT2D eigenvalue weighted by molar-refractivity contribution is -0.146. The normalized spacial score (nSPS) is 15.9. The first-order valence-corrected chi connectivity index (χ1v) is 12.7. The number of carbonyl (C=O) groups is 2. The summed E-state index contributed by atoms with van der Waals surface area (Å²) in [5.74, 6) is -2.56. The van der Waals surface area contributed by atoms with Crippen molar-refractivity contribution in [3.8, 4) is 11.1 Å². The van der Waals surface area contributed by atoms with Gasteiger partial charge in [-0.1, -0.05) is 51.8 Å². The van der Waals surface area contributed by atoms with Crippen LogP contribution in [0, 0.1) is 0 Å². The van der Waals surface area contributed by atoms with Crippen LogP contribution >= 0.6 is 27.5 Å². The SMILES string of the molecule is O=C(O)CC(F)C(=O)N1N=C(c2c(-c3ccc(Br)cc3)c3cccnc3[nH]c2=O)CC1c1ccc(Cl)cc1. The van der Waals surface area contributed by atoms with Gasteiger partial charge in [0.15, 0.2) is 6.17 Å². The Labute approximate surface area is 228 Å². The Balaban J connectivity index is 1.70. The number of carbonyl (C=O) groups excluding carboxylic acids is 1. The van der Waals surface area contributed by atoms with Crippen LogP contribution in [-0.4, -0.2) is 43.8 Å². The minimum absolute atomic E-state index is 0.0888. The summed E-state index contributed by atoms with van der Waals surface area (Å²) in [5, 5.41) is 15.5. The summed E-state index contributed by atoms with van der Waals surface area (Å²) < 4.78 is 15.6. The molecular formula is C27H19BrClFN4O4. The van der Waals surface area contributed by atoms with E-state index >= 15 is 0 Å². The fourth-order valence-electron chi connectivity index (χ4n) is 4.51. The molecule has 192 valence electrons. The third kappa shape index (κ3) is 4.97. The van der Waals surface area contributed by atoms with Crippen molar-refractivity contribution >= 4 is 56.2 Å². The standard InChI is InChI=1S/C27H19BrClFN4O4/c28-16-7-3-15(4-8-16)23-18-2-1-11-31-25(18)32-26(37)24(23)20-13-21(14-5-9-17(29)10-6-14)34(33-20)27(38)19(30)12-22(35)36/h1-11,19,21H,12-13H2,(H,35,36)(H,31,32,37). The number of nitrogens with one attached hydrogen (secondary N) is 1. The van der Waals surface area contributed by atoms with Gasteiger partial charge in [0.25, 0.3) is 11.5 Å². The zero-order valence-electron chi connectivity index (χ0n) is 19.6. The molecule has 8 nitrogen and oxygen atoms in total. The lowest BCUT2D eigenvalue weighted by Gasteiger charge is -2.23. The fraction of sp³-hybridized carbons (Fsp3) is 0.148. The van der Waals surface area contributed by atoms with E-state index in [2.05, 4.69) is 31.0 Å². The van der Waals surface area contributed by atoms with E-state index in [1.807, 2.05) is 30.3 Å². The van der Waals surface area contributed by atoms with Crippen molar-refractivity contribution in [2.75, 3.05) is 0 Å². The second-order valence-corrected chi connectivity index (χ2v) is 10.0. The van der Waals surface area contributed by atoms with Gasteiger partial charge in [-0.25, -0.2) is 14.4 Å². The first-order valence-electron chi connectivity index (χ1n) is 11.5. The highest BCUT2D eigenvalue weighted by Crippen LogP contribution is 2.37. The van der Waals surface area contributed by atoms with Crippen LogP contribution in [0.1, 0.15) is 30.0 Å². The number of rotatable bonds is 6. The number of H-pyrrole nitrogens is 1. The van der Waals surface area contributed by atoms with Crippen molar-refractivity contribution in [1.29, 1.82) is 0 Å². The van der Waals surface area contributed by atoms with Crippen molar-refractivity contribution in [2.45, 2.75) is 25.1 Å². The third-order valence-electron chi connectivity index (χ3n) is 6.22. The maximum Gasteiger partial charge on any atom is 0.306 e. The number of hydrazone groups is 1. The first kappa shape index (κ1) is 25.7. The summed E-state index contributed by atoms with van der Waals surface area (Å²) in [4.78, 5) is 44.7. The second kappa shape index (κ2) is 10.5. The Bertz CT molecular complexity index is 1640. The highest BCUT2D eigenvalue weighted by atomic mass is 79.9.